The van der Waals surface area contributed by atoms with Crippen LogP contribution in [0.5, 0.6) is 0 Å². The quantitative estimate of drug-likeness (QED) is 0.270. The molecule has 0 spiro atoms. The van der Waals surface area contributed by atoms with E-state index in [1.54, 1.807) is 0 Å². The summed E-state index contributed by atoms with van der Waals surface area (Å²) in [5, 5.41) is 0. The zero-order chi connectivity index (χ0) is 0. The number of hydrogen-bond donors (Lipinski definition) is 0. The van der Waals surface area contributed by atoms with E-state index in [9.17, 15) is 0 Å². The SMILES string of the molecule is [Ge].[Ge].[Ge].[La].[La].[La].[La].[La]. The van der Waals surface area contributed by atoms with Crippen LogP contribution in [0.25, 0.3) is 0 Å². The third-order valence-electron chi connectivity index (χ3n) is 0. The summed E-state index contributed by atoms with van der Waals surface area (Å²) in [7, 11) is 0. The molecule has 17 radical (unpaired) electrons. The summed E-state index contributed by atoms with van der Waals surface area (Å²) in [4.78, 5) is 0. The Morgan fingerprint density at radius 2 is 0.250 bits per heavy atom. The maximum atomic E-state index is 0. The van der Waals surface area contributed by atoms with E-state index in [1.165, 1.54) is 0 Å². The van der Waals surface area contributed by atoms with Crippen LogP contribution in [0, 0.1) is 178 Å². The van der Waals surface area contributed by atoms with Gasteiger partial charge in [-0.1, -0.05) is 0 Å². The van der Waals surface area contributed by atoms with E-state index in [2.05, 4.69) is 0 Å². The minimum atomic E-state index is 0. The second kappa shape index (κ2) is 46.7. The molecule has 0 saturated carbocycles. The van der Waals surface area contributed by atoms with Crippen molar-refractivity contribution in [2.75, 3.05) is 0 Å². The molecule has 0 amide bonds. The van der Waals surface area contributed by atoms with Gasteiger partial charge >= 0.3 is 0 Å². The van der Waals surface area contributed by atoms with Gasteiger partial charge in [0.2, 0.25) is 0 Å². The van der Waals surface area contributed by atoms with Gasteiger partial charge in [-0.3, -0.25) is 0 Å². The second-order valence-electron chi connectivity index (χ2n) is 0. The summed E-state index contributed by atoms with van der Waals surface area (Å²) in [5.74, 6) is 0. The second-order valence-corrected chi connectivity index (χ2v) is 0. The molecule has 8 heavy (non-hydrogen) atoms. The predicted molar refractivity (Wildman–Crippen MR) is 17.3 cm³/mol. The van der Waals surface area contributed by atoms with Crippen molar-refractivity contribution in [1.82, 2.24) is 0 Å². The fourth-order valence-corrected chi connectivity index (χ4v) is 0. The first kappa shape index (κ1) is 57.6. The van der Waals surface area contributed by atoms with E-state index in [4.69, 9.17) is 0 Å². The van der Waals surface area contributed by atoms with Crippen molar-refractivity contribution in [3.05, 3.63) is 0 Å². The van der Waals surface area contributed by atoms with Crippen molar-refractivity contribution < 1.29 is 178 Å². The van der Waals surface area contributed by atoms with E-state index in [0.29, 0.717) is 0 Å². The minimum Gasteiger partial charge on any atom is 0 e. The van der Waals surface area contributed by atoms with Crippen LogP contribution in [0.2, 0.25) is 0 Å². The molecule has 0 heterocycles. The third kappa shape index (κ3) is 37.4. The average Bonchev–Trinajstić information content (AvgIpc) is 0. The molecule has 0 aromatic rings. The Labute approximate surface area is 223 Å². The molecule has 0 aromatic heterocycles. The first-order valence-electron chi connectivity index (χ1n) is 0. The van der Waals surface area contributed by atoms with E-state index in [0.717, 1.165) is 0 Å². The first-order valence-corrected chi connectivity index (χ1v) is 0. The van der Waals surface area contributed by atoms with E-state index >= 15 is 0 Å². The molecule has 0 aromatic carbocycles. The summed E-state index contributed by atoms with van der Waals surface area (Å²) >= 11 is 0. The Balaban J connectivity index is 0. The Kier molecular flexibility index (Phi) is 336. The molecule has 0 saturated heterocycles. The first-order chi connectivity index (χ1) is 0. The molecule has 0 fully saturated rings. The molecular weight excluding hydrogens is 912 g/mol. The van der Waals surface area contributed by atoms with Gasteiger partial charge in [-0.25, -0.2) is 0 Å². The molecule has 27 valence electrons. The van der Waals surface area contributed by atoms with Gasteiger partial charge in [-0.05, 0) is 0 Å². The van der Waals surface area contributed by atoms with Crippen molar-refractivity contribution in [2.24, 2.45) is 0 Å². The molecule has 0 aliphatic carbocycles. The molecule has 0 rings (SSSR count). The number of hydrogen-bond acceptors (Lipinski definition) is 0. The topological polar surface area (TPSA) is 0 Å². The van der Waals surface area contributed by atoms with Crippen LogP contribution in [-0.4, -0.2) is 52.8 Å². The van der Waals surface area contributed by atoms with Gasteiger partial charge < -0.3 is 0 Å². The fraction of sp³-hybridized carbons (Fsp3) is 0. The van der Waals surface area contributed by atoms with Crippen LogP contribution in [0.1, 0.15) is 0 Å². The van der Waals surface area contributed by atoms with Gasteiger partial charge in [-0.15, -0.1) is 0 Å². The van der Waals surface area contributed by atoms with Crippen molar-refractivity contribution in [2.45, 2.75) is 0 Å². The van der Waals surface area contributed by atoms with E-state index in [-0.39, 0.29) is 231 Å². The van der Waals surface area contributed by atoms with Gasteiger partial charge in [-0.2, -0.15) is 0 Å². The average molecular weight is 912 g/mol. The van der Waals surface area contributed by atoms with Crippen LogP contribution >= 0.6 is 0 Å². The zero-order valence-corrected chi connectivity index (χ0v) is 28.8. The molecule has 0 aliphatic heterocycles. The maximum absolute atomic E-state index is 0. The van der Waals surface area contributed by atoms with Crippen molar-refractivity contribution in [3.63, 3.8) is 0 Å². The third-order valence-corrected chi connectivity index (χ3v) is 0. The Morgan fingerprint density at radius 3 is 0.250 bits per heavy atom. The van der Waals surface area contributed by atoms with Crippen LogP contribution in [0.3, 0.4) is 0 Å². The van der Waals surface area contributed by atoms with Crippen molar-refractivity contribution in [3.8, 4) is 0 Å². The smallest absolute Gasteiger partial charge is 0 e. The van der Waals surface area contributed by atoms with Gasteiger partial charge in [0.25, 0.3) is 0 Å². The summed E-state index contributed by atoms with van der Waals surface area (Å²) in [5.41, 5.74) is 0. The van der Waals surface area contributed by atoms with Crippen LogP contribution in [0.15, 0.2) is 0 Å². The Morgan fingerprint density at radius 1 is 0.250 bits per heavy atom. The summed E-state index contributed by atoms with van der Waals surface area (Å²) in [6.45, 7) is 0. The number of rotatable bonds is 0. The molecule has 0 atom stereocenters. The van der Waals surface area contributed by atoms with Crippen LogP contribution in [-0.2, 0) is 0 Å². The van der Waals surface area contributed by atoms with Crippen molar-refractivity contribution in [1.29, 1.82) is 0 Å². The van der Waals surface area contributed by atoms with Crippen LogP contribution < -0.4 is 0 Å². The molecule has 8 heteroatoms. The summed E-state index contributed by atoms with van der Waals surface area (Å²) in [6.07, 6.45) is 0. The monoisotopic (exact) mass is 916 g/mol. The normalized spacial score (nSPS) is 0. The minimum absolute atomic E-state index is 0. The molecule has 0 N–H and O–H groups in total. The zero-order valence-electron chi connectivity index (χ0n) is 4.39. The molecule has 0 nitrogen and oxygen atoms in total. The maximum Gasteiger partial charge on any atom is 0 e. The van der Waals surface area contributed by atoms with Gasteiger partial charge in [0.1, 0.15) is 0 Å². The van der Waals surface area contributed by atoms with Gasteiger partial charge in [0.15, 0.2) is 0 Å². The molecule has 0 bridgehead atoms. The summed E-state index contributed by atoms with van der Waals surface area (Å²) < 4.78 is 0. The fourth-order valence-electron chi connectivity index (χ4n) is 0. The molecule has 0 aliphatic rings. The summed E-state index contributed by atoms with van der Waals surface area (Å²) in [6, 6.07) is 0. The predicted octanol–water partition coefficient (Wildman–Crippen LogP) is -1.14. The Bertz CT molecular complexity index is 7.64. The van der Waals surface area contributed by atoms with E-state index < -0.39 is 0 Å². The van der Waals surface area contributed by atoms with Gasteiger partial charge in [0, 0.05) is 231 Å². The standard InChI is InChI=1S/3Ge.5La. The molecule has 0 unspecified atom stereocenters. The van der Waals surface area contributed by atoms with Gasteiger partial charge in [0.05, 0.1) is 0 Å². The van der Waals surface area contributed by atoms with Crippen LogP contribution in [0.4, 0.5) is 0 Å². The Hall–Kier alpha value is 7.60. The van der Waals surface area contributed by atoms with E-state index in [1.807, 2.05) is 0 Å². The molecular formula is Ge3La5. The largest absolute Gasteiger partial charge is 0 e. The van der Waals surface area contributed by atoms with Crippen molar-refractivity contribution >= 4 is 52.8 Å².